The Hall–Kier alpha value is -2.63. The maximum Gasteiger partial charge on any atom is 0.226 e. The summed E-state index contributed by atoms with van der Waals surface area (Å²) in [5.74, 6) is 1.44. The van der Waals surface area contributed by atoms with Crippen molar-refractivity contribution < 1.29 is 0 Å². The molecule has 2 N–H and O–H groups in total. The fourth-order valence-corrected chi connectivity index (χ4v) is 2.48. The van der Waals surface area contributed by atoms with Gasteiger partial charge in [0.15, 0.2) is 5.65 Å². The SMILES string of the molecule is CCCNc1nc(NCc2cccc(C)c2)c2cnn(C)c2n1. The van der Waals surface area contributed by atoms with Gasteiger partial charge in [-0.05, 0) is 18.9 Å². The topological polar surface area (TPSA) is 67.7 Å². The van der Waals surface area contributed by atoms with E-state index in [1.165, 1.54) is 11.1 Å². The third-order valence-electron chi connectivity index (χ3n) is 3.67. The molecule has 0 aliphatic rings. The molecule has 0 bridgehead atoms. The Kier molecular flexibility index (Phi) is 4.41. The maximum atomic E-state index is 4.60. The van der Waals surface area contributed by atoms with Crippen LogP contribution < -0.4 is 10.6 Å². The number of rotatable bonds is 6. The molecule has 3 aromatic rings. The van der Waals surface area contributed by atoms with E-state index < -0.39 is 0 Å². The smallest absolute Gasteiger partial charge is 0.226 e. The molecule has 2 heterocycles. The van der Waals surface area contributed by atoms with Crippen molar-refractivity contribution in [2.24, 2.45) is 7.05 Å². The molecule has 120 valence electrons. The number of aryl methyl sites for hydroxylation is 2. The first-order valence-corrected chi connectivity index (χ1v) is 7.90. The highest BCUT2D eigenvalue weighted by atomic mass is 15.3. The summed E-state index contributed by atoms with van der Waals surface area (Å²) in [5, 5.41) is 11.9. The van der Waals surface area contributed by atoms with Crippen molar-refractivity contribution in [3.05, 3.63) is 41.6 Å². The van der Waals surface area contributed by atoms with Crippen LogP contribution >= 0.6 is 0 Å². The zero-order valence-electron chi connectivity index (χ0n) is 13.8. The number of fused-ring (bicyclic) bond motifs is 1. The summed E-state index contributed by atoms with van der Waals surface area (Å²) in [5.41, 5.74) is 3.30. The summed E-state index contributed by atoms with van der Waals surface area (Å²) < 4.78 is 1.77. The molecule has 0 amide bonds. The molecule has 0 aliphatic heterocycles. The number of benzene rings is 1. The molecular weight excluding hydrogens is 288 g/mol. The van der Waals surface area contributed by atoms with E-state index in [4.69, 9.17) is 0 Å². The predicted octanol–water partition coefficient (Wildman–Crippen LogP) is 3.11. The average molecular weight is 310 g/mol. The van der Waals surface area contributed by atoms with Crippen LogP contribution in [0.25, 0.3) is 11.0 Å². The minimum atomic E-state index is 0.634. The highest BCUT2D eigenvalue weighted by Crippen LogP contribution is 2.22. The van der Waals surface area contributed by atoms with Crippen LogP contribution in [0.3, 0.4) is 0 Å². The lowest BCUT2D eigenvalue weighted by Crippen LogP contribution is -2.09. The van der Waals surface area contributed by atoms with Crippen LogP contribution in [-0.2, 0) is 13.6 Å². The number of nitrogens with one attached hydrogen (secondary N) is 2. The van der Waals surface area contributed by atoms with Crippen molar-refractivity contribution in [2.45, 2.75) is 26.8 Å². The van der Waals surface area contributed by atoms with E-state index in [1.54, 1.807) is 10.9 Å². The van der Waals surface area contributed by atoms with Crippen LogP contribution in [0.4, 0.5) is 11.8 Å². The number of hydrogen-bond acceptors (Lipinski definition) is 5. The molecule has 23 heavy (non-hydrogen) atoms. The Balaban J connectivity index is 1.88. The van der Waals surface area contributed by atoms with Crippen molar-refractivity contribution in [2.75, 3.05) is 17.2 Å². The minimum absolute atomic E-state index is 0.634. The van der Waals surface area contributed by atoms with Crippen LogP contribution in [-0.4, -0.2) is 26.3 Å². The summed E-state index contributed by atoms with van der Waals surface area (Å²) >= 11 is 0. The van der Waals surface area contributed by atoms with Crippen molar-refractivity contribution in [1.29, 1.82) is 0 Å². The van der Waals surface area contributed by atoms with Gasteiger partial charge in [0.05, 0.1) is 11.6 Å². The predicted molar refractivity (Wildman–Crippen MR) is 93.6 cm³/mol. The number of hydrogen-bond donors (Lipinski definition) is 2. The molecule has 0 saturated carbocycles. The Bertz CT molecular complexity index is 808. The quantitative estimate of drug-likeness (QED) is 0.732. The second-order valence-corrected chi connectivity index (χ2v) is 5.67. The summed E-state index contributed by atoms with van der Waals surface area (Å²) in [6.07, 6.45) is 2.83. The second-order valence-electron chi connectivity index (χ2n) is 5.67. The van der Waals surface area contributed by atoms with E-state index in [0.29, 0.717) is 5.95 Å². The molecule has 0 spiro atoms. The van der Waals surface area contributed by atoms with Crippen LogP contribution in [0.15, 0.2) is 30.5 Å². The highest BCUT2D eigenvalue weighted by molar-refractivity contribution is 5.87. The van der Waals surface area contributed by atoms with E-state index in [1.807, 2.05) is 7.05 Å². The summed E-state index contributed by atoms with van der Waals surface area (Å²) in [6, 6.07) is 8.45. The monoisotopic (exact) mass is 310 g/mol. The van der Waals surface area contributed by atoms with Crippen molar-refractivity contribution in [1.82, 2.24) is 19.7 Å². The maximum absolute atomic E-state index is 4.60. The van der Waals surface area contributed by atoms with Gasteiger partial charge in [-0.1, -0.05) is 36.8 Å². The fourth-order valence-electron chi connectivity index (χ4n) is 2.48. The van der Waals surface area contributed by atoms with E-state index >= 15 is 0 Å². The zero-order valence-corrected chi connectivity index (χ0v) is 13.8. The molecule has 0 atom stereocenters. The molecule has 0 unspecified atom stereocenters. The molecule has 0 radical (unpaired) electrons. The molecule has 0 saturated heterocycles. The van der Waals surface area contributed by atoms with Crippen molar-refractivity contribution in [3.63, 3.8) is 0 Å². The first-order chi connectivity index (χ1) is 11.2. The van der Waals surface area contributed by atoms with Crippen LogP contribution in [0.1, 0.15) is 24.5 Å². The number of anilines is 2. The lowest BCUT2D eigenvalue weighted by Gasteiger charge is -2.10. The molecule has 6 nitrogen and oxygen atoms in total. The summed E-state index contributed by atoms with van der Waals surface area (Å²) in [6.45, 7) is 5.78. The van der Waals surface area contributed by atoms with E-state index in [9.17, 15) is 0 Å². The van der Waals surface area contributed by atoms with E-state index in [0.717, 1.165) is 36.4 Å². The van der Waals surface area contributed by atoms with Gasteiger partial charge < -0.3 is 10.6 Å². The Morgan fingerprint density at radius 2 is 2.04 bits per heavy atom. The molecule has 1 aromatic carbocycles. The van der Waals surface area contributed by atoms with E-state index in [2.05, 4.69) is 63.8 Å². The third-order valence-corrected chi connectivity index (χ3v) is 3.67. The molecule has 3 rings (SSSR count). The Morgan fingerprint density at radius 1 is 1.17 bits per heavy atom. The van der Waals surface area contributed by atoms with Gasteiger partial charge in [0.2, 0.25) is 5.95 Å². The Morgan fingerprint density at radius 3 is 2.83 bits per heavy atom. The van der Waals surface area contributed by atoms with Gasteiger partial charge >= 0.3 is 0 Å². The normalized spacial score (nSPS) is 10.9. The van der Waals surface area contributed by atoms with Gasteiger partial charge in [-0.15, -0.1) is 0 Å². The van der Waals surface area contributed by atoms with Gasteiger partial charge in [-0.2, -0.15) is 15.1 Å². The average Bonchev–Trinajstić information content (AvgIpc) is 2.92. The van der Waals surface area contributed by atoms with Gasteiger partial charge in [0.1, 0.15) is 5.82 Å². The van der Waals surface area contributed by atoms with Gasteiger partial charge in [0, 0.05) is 20.1 Å². The molecule has 2 aromatic heterocycles. The lowest BCUT2D eigenvalue weighted by molar-refractivity contribution is 0.785. The first kappa shape index (κ1) is 15.3. The lowest BCUT2D eigenvalue weighted by atomic mass is 10.1. The highest BCUT2D eigenvalue weighted by Gasteiger charge is 2.11. The Labute approximate surface area is 136 Å². The van der Waals surface area contributed by atoms with Gasteiger partial charge in [-0.3, -0.25) is 4.68 Å². The zero-order chi connectivity index (χ0) is 16.2. The van der Waals surface area contributed by atoms with E-state index in [-0.39, 0.29) is 0 Å². The summed E-state index contributed by atoms with van der Waals surface area (Å²) in [7, 11) is 1.89. The number of nitrogens with zero attached hydrogens (tertiary/aromatic N) is 4. The van der Waals surface area contributed by atoms with Crippen LogP contribution in [0.2, 0.25) is 0 Å². The standard InChI is InChI=1S/C17H22N6/c1-4-8-18-17-21-15(14-11-20-23(3)16(14)22-17)19-10-13-7-5-6-12(2)9-13/h5-7,9,11H,4,8,10H2,1-3H3,(H2,18,19,21,22). The number of aromatic nitrogens is 4. The molecule has 0 fully saturated rings. The van der Waals surface area contributed by atoms with Gasteiger partial charge in [-0.25, -0.2) is 0 Å². The second kappa shape index (κ2) is 6.64. The largest absolute Gasteiger partial charge is 0.365 e. The van der Waals surface area contributed by atoms with Crippen molar-refractivity contribution >= 4 is 22.8 Å². The minimum Gasteiger partial charge on any atom is -0.365 e. The van der Waals surface area contributed by atoms with Crippen LogP contribution in [0, 0.1) is 6.92 Å². The fraction of sp³-hybridized carbons (Fsp3) is 0.353. The first-order valence-electron chi connectivity index (χ1n) is 7.90. The molecular formula is C17H22N6. The van der Waals surface area contributed by atoms with Crippen molar-refractivity contribution in [3.8, 4) is 0 Å². The molecule has 0 aliphatic carbocycles. The molecule has 6 heteroatoms. The van der Waals surface area contributed by atoms with Crippen LogP contribution in [0.5, 0.6) is 0 Å². The van der Waals surface area contributed by atoms with Gasteiger partial charge in [0.25, 0.3) is 0 Å². The summed E-state index contributed by atoms with van der Waals surface area (Å²) in [4.78, 5) is 9.14. The third kappa shape index (κ3) is 3.41.